The van der Waals surface area contributed by atoms with E-state index in [1.807, 2.05) is 0 Å². The summed E-state index contributed by atoms with van der Waals surface area (Å²) in [5.74, 6) is -1.40. The topological polar surface area (TPSA) is 137 Å². The summed E-state index contributed by atoms with van der Waals surface area (Å²) in [7, 11) is 0. The minimum atomic E-state index is -0.730. The number of amides is 3. The average molecular weight is 433 g/mol. The van der Waals surface area contributed by atoms with Crippen LogP contribution in [-0.4, -0.2) is 45.3 Å². The monoisotopic (exact) mass is 433 g/mol. The number of anilines is 1. The Labute approximate surface area is 181 Å². The molecule has 1 aliphatic heterocycles. The molecule has 1 aromatic heterocycles. The lowest BCUT2D eigenvalue weighted by atomic mass is 10.0. The number of benzene rings is 2. The van der Waals surface area contributed by atoms with Crippen LogP contribution in [0.3, 0.4) is 0 Å². The highest BCUT2D eigenvalue weighted by molar-refractivity contribution is 6.05. The molecule has 2 aromatic carbocycles. The molecule has 1 unspecified atom stereocenters. The summed E-state index contributed by atoms with van der Waals surface area (Å²) in [5.41, 5.74) is 2.22. The van der Waals surface area contributed by atoms with E-state index in [0.717, 1.165) is 12.8 Å². The van der Waals surface area contributed by atoms with E-state index in [9.17, 15) is 19.2 Å². The van der Waals surface area contributed by atoms with Gasteiger partial charge in [0.2, 0.25) is 11.8 Å². The Kier molecular flexibility index (Phi) is 4.81. The summed E-state index contributed by atoms with van der Waals surface area (Å²) in [6.45, 7) is -0.255. The highest BCUT2D eigenvalue weighted by atomic mass is 16.5. The van der Waals surface area contributed by atoms with Gasteiger partial charge in [0.25, 0.3) is 5.91 Å². The first-order valence-electron chi connectivity index (χ1n) is 10.2. The Balaban J connectivity index is 1.25. The predicted octanol–water partition coefficient (Wildman–Crippen LogP) is 1.44. The fraction of sp³-hybridized carbons (Fsp3) is 0.227. The van der Waals surface area contributed by atoms with E-state index in [-0.39, 0.29) is 30.2 Å². The first-order chi connectivity index (χ1) is 15.5. The Morgan fingerprint density at radius 2 is 1.94 bits per heavy atom. The zero-order valence-electron chi connectivity index (χ0n) is 16.8. The van der Waals surface area contributed by atoms with Gasteiger partial charge in [-0.15, -0.1) is 0 Å². The van der Waals surface area contributed by atoms with Crippen molar-refractivity contribution in [3.63, 3.8) is 0 Å². The quantitative estimate of drug-likeness (QED) is 0.538. The minimum Gasteiger partial charge on any atom is -0.345 e. The molecular weight excluding hydrogens is 414 g/mol. The number of fused-ring (bicyclic) bond motifs is 1. The van der Waals surface area contributed by atoms with Crippen molar-refractivity contribution < 1.29 is 18.9 Å². The molecule has 32 heavy (non-hydrogen) atoms. The van der Waals surface area contributed by atoms with Crippen LogP contribution in [0.5, 0.6) is 0 Å². The first-order valence-corrected chi connectivity index (χ1v) is 10.2. The number of carbonyl (C=O) groups excluding carboxylic acids is 3. The third-order valence-electron chi connectivity index (χ3n) is 5.47. The van der Waals surface area contributed by atoms with Crippen LogP contribution in [0, 0.1) is 0 Å². The summed E-state index contributed by atoms with van der Waals surface area (Å²) in [4.78, 5) is 53.3. The number of hydrogen-bond donors (Lipinski definition) is 3. The summed E-state index contributed by atoms with van der Waals surface area (Å²) in [5, 5.41) is 8.96. The lowest BCUT2D eigenvalue weighted by Gasteiger charge is -2.24. The van der Waals surface area contributed by atoms with Crippen molar-refractivity contribution in [1.29, 1.82) is 0 Å². The van der Waals surface area contributed by atoms with Gasteiger partial charge in [-0.05, 0) is 36.6 Å². The molecule has 0 spiro atoms. The van der Waals surface area contributed by atoms with Gasteiger partial charge in [-0.1, -0.05) is 35.5 Å². The van der Waals surface area contributed by atoms with Crippen LogP contribution in [0.2, 0.25) is 0 Å². The number of hydrogen-bond acceptors (Lipinski definition) is 6. The van der Waals surface area contributed by atoms with Crippen molar-refractivity contribution in [1.82, 2.24) is 20.4 Å². The number of aromatic amines is 1. The maximum absolute atomic E-state index is 13.0. The summed E-state index contributed by atoms with van der Waals surface area (Å²) in [6.07, 6.45) is 1.74. The van der Waals surface area contributed by atoms with E-state index in [2.05, 4.69) is 25.3 Å². The van der Waals surface area contributed by atoms with Crippen LogP contribution in [0.25, 0.3) is 11.4 Å². The van der Waals surface area contributed by atoms with Crippen LogP contribution in [0.1, 0.15) is 34.8 Å². The maximum Gasteiger partial charge on any atom is 0.439 e. The molecule has 0 radical (unpaired) electrons. The van der Waals surface area contributed by atoms with Crippen molar-refractivity contribution in [2.24, 2.45) is 0 Å². The molecule has 3 N–H and O–H groups in total. The Morgan fingerprint density at radius 1 is 1.12 bits per heavy atom. The smallest absolute Gasteiger partial charge is 0.345 e. The standard InChI is InChI=1S/C22H19N5O5/c28-17(24-13-5-3-4-12(10-13)19-25-22(31)32-26-19)11-23-20(29)18-15-6-1-2-7-16(15)21(30)27(18)14-8-9-14/h1-7,10,14,18H,8-9,11H2,(H,23,29)(H,24,28)(H,25,26,31). The second kappa shape index (κ2) is 7.80. The van der Waals surface area contributed by atoms with Crippen LogP contribution in [0.4, 0.5) is 5.69 Å². The van der Waals surface area contributed by atoms with Gasteiger partial charge in [-0.3, -0.25) is 23.9 Å². The Morgan fingerprint density at radius 3 is 2.69 bits per heavy atom. The molecule has 1 saturated carbocycles. The molecule has 0 saturated heterocycles. The average Bonchev–Trinajstić information content (AvgIpc) is 3.47. The second-order valence-corrected chi connectivity index (χ2v) is 7.72. The molecule has 1 atom stereocenters. The largest absolute Gasteiger partial charge is 0.439 e. The molecule has 1 aliphatic carbocycles. The minimum absolute atomic E-state index is 0.0604. The number of H-pyrrole nitrogens is 1. The molecule has 3 aromatic rings. The highest BCUT2D eigenvalue weighted by Crippen LogP contribution is 2.41. The molecule has 3 amide bonds. The van der Waals surface area contributed by atoms with E-state index in [1.54, 1.807) is 53.4 Å². The van der Waals surface area contributed by atoms with Crippen molar-refractivity contribution in [3.05, 3.63) is 70.2 Å². The van der Waals surface area contributed by atoms with Gasteiger partial charge in [-0.2, -0.15) is 0 Å². The Hall–Kier alpha value is -4.21. The predicted molar refractivity (Wildman–Crippen MR) is 113 cm³/mol. The van der Waals surface area contributed by atoms with Gasteiger partial charge >= 0.3 is 5.76 Å². The third-order valence-corrected chi connectivity index (χ3v) is 5.47. The van der Waals surface area contributed by atoms with Gasteiger partial charge in [0.05, 0.1) is 6.54 Å². The third kappa shape index (κ3) is 3.66. The number of rotatable bonds is 6. The molecule has 2 aliphatic rings. The van der Waals surface area contributed by atoms with Crippen molar-refractivity contribution >= 4 is 23.4 Å². The molecule has 10 nitrogen and oxygen atoms in total. The molecule has 5 rings (SSSR count). The number of aromatic nitrogens is 2. The van der Waals surface area contributed by atoms with E-state index >= 15 is 0 Å². The zero-order chi connectivity index (χ0) is 22.2. The lowest BCUT2D eigenvalue weighted by Crippen LogP contribution is -2.42. The highest BCUT2D eigenvalue weighted by Gasteiger charge is 2.47. The van der Waals surface area contributed by atoms with Gasteiger partial charge in [-0.25, -0.2) is 4.79 Å². The number of carbonyl (C=O) groups is 3. The molecule has 10 heteroatoms. The summed E-state index contributed by atoms with van der Waals surface area (Å²) >= 11 is 0. The Bertz CT molecular complexity index is 1280. The lowest BCUT2D eigenvalue weighted by molar-refractivity contribution is -0.127. The number of nitrogens with zero attached hydrogens (tertiary/aromatic N) is 2. The molecular formula is C22H19N5O5. The SMILES string of the molecule is O=C(CNC(=O)C1c2ccccc2C(=O)N1C1CC1)Nc1cccc(-c2noc(=O)[nH]2)c1. The fourth-order valence-electron chi connectivity index (χ4n) is 3.90. The summed E-state index contributed by atoms with van der Waals surface area (Å²) < 4.78 is 4.49. The van der Waals surface area contributed by atoms with Crippen LogP contribution in [-0.2, 0) is 9.59 Å². The summed E-state index contributed by atoms with van der Waals surface area (Å²) in [6, 6.07) is 13.1. The molecule has 1 fully saturated rings. The first kappa shape index (κ1) is 19.7. The van der Waals surface area contributed by atoms with Crippen molar-refractivity contribution in [3.8, 4) is 11.4 Å². The normalized spacial score (nSPS) is 17.2. The maximum atomic E-state index is 13.0. The molecule has 2 heterocycles. The van der Waals surface area contributed by atoms with E-state index < -0.39 is 17.7 Å². The number of nitrogens with one attached hydrogen (secondary N) is 3. The van der Waals surface area contributed by atoms with Gasteiger partial charge in [0.15, 0.2) is 5.82 Å². The second-order valence-electron chi connectivity index (χ2n) is 7.72. The molecule has 162 valence electrons. The fourth-order valence-corrected chi connectivity index (χ4v) is 3.90. The molecule has 0 bridgehead atoms. The van der Waals surface area contributed by atoms with Crippen LogP contribution in [0.15, 0.2) is 57.8 Å². The van der Waals surface area contributed by atoms with E-state index in [4.69, 9.17) is 0 Å². The van der Waals surface area contributed by atoms with Crippen LogP contribution < -0.4 is 16.4 Å². The van der Waals surface area contributed by atoms with Crippen molar-refractivity contribution in [2.45, 2.75) is 24.9 Å². The van der Waals surface area contributed by atoms with Gasteiger partial charge in [0.1, 0.15) is 6.04 Å². The van der Waals surface area contributed by atoms with E-state index in [0.29, 0.717) is 22.4 Å². The van der Waals surface area contributed by atoms with Gasteiger partial charge < -0.3 is 15.5 Å². The van der Waals surface area contributed by atoms with Gasteiger partial charge in [0, 0.05) is 22.9 Å². The van der Waals surface area contributed by atoms with E-state index in [1.165, 1.54) is 0 Å². The van der Waals surface area contributed by atoms with Crippen molar-refractivity contribution in [2.75, 3.05) is 11.9 Å². The zero-order valence-corrected chi connectivity index (χ0v) is 16.8. The van der Waals surface area contributed by atoms with Crippen LogP contribution >= 0.6 is 0 Å².